The maximum absolute atomic E-state index is 9.28. The van der Waals surface area contributed by atoms with Crippen molar-refractivity contribution in [2.75, 3.05) is 31.1 Å². The predicted molar refractivity (Wildman–Crippen MR) is 84.4 cm³/mol. The molecule has 1 unspecified atom stereocenters. The van der Waals surface area contributed by atoms with E-state index in [1.807, 2.05) is 0 Å². The maximum Gasteiger partial charge on any atom is 0.128 e. The first kappa shape index (κ1) is 14.3. The molecule has 0 bridgehead atoms. The Morgan fingerprint density at radius 3 is 2.76 bits per heavy atom. The molecule has 0 N–H and O–H groups in total. The SMILES string of the molecule is CCCC(C#N)N1CCN(c2ccc3c(n2)CCC3)CC1. The number of fused-ring (bicyclic) bond motifs is 1. The first-order valence-electron chi connectivity index (χ1n) is 8.19. The number of hydrogen-bond acceptors (Lipinski definition) is 4. The average molecular weight is 284 g/mol. The van der Waals surface area contributed by atoms with Crippen LogP contribution in [0.1, 0.15) is 37.4 Å². The fourth-order valence-electron chi connectivity index (χ4n) is 3.45. The highest BCUT2D eigenvalue weighted by Crippen LogP contribution is 2.24. The number of pyridine rings is 1. The van der Waals surface area contributed by atoms with Gasteiger partial charge in [0.2, 0.25) is 0 Å². The van der Waals surface area contributed by atoms with Crippen molar-refractivity contribution in [3.05, 3.63) is 23.4 Å². The van der Waals surface area contributed by atoms with Crippen LogP contribution in [0.15, 0.2) is 12.1 Å². The molecule has 112 valence electrons. The molecular formula is C17H24N4. The van der Waals surface area contributed by atoms with Crippen LogP contribution in [-0.4, -0.2) is 42.1 Å². The van der Waals surface area contributed by atoms with E-state index in [-0.39, 0.29) is 6.04 Å². The van der Waals surface area contributed by atoms with E-state index in [1.54, 1.807) is 0 Å². The minimum atomic E-state index is 0.0881. The van der Waals surface area contributed by atoms with E-state index in [2.05, 4.69) is 34.9 Å². The number of piperazine rings is 1. The number of aryl methyl sites for hydroxylation is 2. The van der Waals surface area contributed by atoms with Gasteiger partial charge in [0.15, 0.2) is 0 Å². The summed E-state index contributed by atoms with van der Waals surface area (Å²) >= 11 is 0. The second kappa shape index (κ2) is 6.44. The van der Waals surface area contributed by atoms with Crippen LogP contribution in [0, 0.1) is 11.3 Å². The Kier molecular flexibility index (Phi) is 4.40. The van der Waals surface area contributed by atoms with Crippen LogP contribution in [0.2, 0.25) is 0 Å². The molecule has 0 aromatic carbocycles. The van der Waals surface area contributed by atoms with Crippen molar-refractivity contribution in [2.24, 2.45) is 0 Å². The topological polar surface area (TPSA) is 43.2 Å². The zero-order valence-electron chi connectivity index (χ0n) is 12.9. The van der Waals surface area contributed by atoms with E-state index in [0.717, 1.165) is 51.3 Å². The predicted octanol–water partition coefficient (Wildman–Crippen LogP) is 2.38. The van der Waals surface area contributed by atoms with Crippen molar-refractivity contribution in [2.45, 2.75) is 45.1 Å². The first-order chi connectivity index (χ1) is 10.3. The third-order valence-electron chi connectivity index (χ3n) is 4.70. The van der Waals surface area contributed by atoms with Gasteiger partial charge in [0, 0.05) is 31.9 Å². The summed E-state index contributed by atoms with van der Waals surface area (Å²) in [4.78, 5) is 9.54. The Hall–Kier alpha value is -1.60. The van der Waals surface area contributed by atoms with Crippen molar-refractivity contribution in [3.8, 4) is 6.07 Å². The van der Waals surface area contributed by atoms with Crippen LogP contribution >= 0.6 is 0 Å². The molecule has 4 heteroatoms. The normalized spacial score (nSPS) is 20.1. The molecule has 1 aliphatic heterocycles. The molecule has 21 heavy (non-hydrogen) atoms. The Bertz CT molecular complexity index is 526. The van der Waals surface area contributed by atoms with Gasteiger partial charge >= 0.3 is 0 Å². The standard InChI is InChI=1S/C17H24N4/c1-2-4-15(13-18)20-9-11-21(12-10-20)17-8-7-14-5-3-6-16(14)19-17/h7-8,15H,2-6,9-12H2,1H3. The fraction of sp³-hybridized carbons (Fsp3) is 0.647. The summed E-state index contributed by atoms with van der Waals surface area (Å²) < 4.78 is 0. The lowest BCUT2D eigenvalue weighted by atomic mass is 10.1. The Morgan fingerprint density at radius 2 is 2.05 bits per heavy atom. The van der Waals surface area contributed by atoms with Crippen molar-refractivity contribution < 1.29 is 0 Å². The molecule has 4 nitrogen and oxygen atoms in total. The minimum absolute atomic E-state index is 0.0881. The summed E-state index contributed by atoms with van der Waals surface area (Å²) in [5.41, 5.74) is 2.74. The molecule has 2 aliphatic rings. The van der Waals surface area contributed by atoms with E-state index in [1.165, 1.54) is 24.1 Å². The number of rotatable bonds is 4. The lowest BCUT2D eigenvalue weighted by molar-refractivity contribution is 0.211. The van der Waals surface area contributed by atoms with Gasteiger partial charge in [-0.2, -0.15) is 5.26 Å². The fourth-order valence-corrected chi connectivity index (χ4v) is 3.45. The van der Waals surface area contributed by atoms with Crippen molar-refractivity contribution in [3.63, 3.8) is 0 Å². The van der Waals surface area contributed by atoms with E-state index in [9.17, 15) is 5.26 Å². The average Bonchev–Trinajstić information content (AvgIpc) is 3.00. The van der Waals surface area contributed by atoms with Gasteiger partial charge in [0.25, 0.3) is 0 Å². The van der Waals surface area contributed by atoms with Gasteiger partial charge in [-0.1, -0.05) is 19.4 Å². The summed E-state index contributed by atoms with van der Waals surface area (Å²) in [6.45, 7) is 6.05. The number of aromatic nitrogens is 1. The zero-order chi connectivity index (χ0) is 14.7. The Labute approximate surface area is 127 Å². The van der Waals surface area contributed by atoms with Gasteiger partial charge in [0.1, 0.15) is 5.82 Å². The summed E-state index contributed by atoms with van der Waals surface area (Å²) in [5.74, 6) is 1.12. The second-order valence-electron chi connectivity index (χ2n) is 6.09. The molecule has 0 saturated carbocycles. The van der Waals surface area contributed by atoms with Crippen LogP contribution in [0.5, 0.6) is 0 Å². The van der Waals surface area contributed by atoms with Gasteiger partial charge in [-0.3, -0.25) is 4.90 Å². The Balaban J connectivity index is 1.62. The first-order valence-corrected chi connectivity index (χ1v) is 8.19. The van der Waals surface area contributed by atoms with E-state index < -0.39 is 0 Å². The van der Waals surface area contributed by atoms with Gasteiger partial charge in [-0.25, -0.2) is 4.98 Å². The van der Waals surface area contributed by atoms with E-state index >= 15 is 0 Å². The summed E-state index contributed by atoms with van der Waals surface area (Å²) in [6.07, 6.45) is 5.63. The minimum Gasteiger partial charge on any atom is -0.354 e. The van der Waals surface area contributed by atoms with Gasteiger partial charge in [-0.05, 0) is 37.3 Å². The molecular weight excluding hydrogens is 260 g/mol. The molecule has 1 fully saturated rings. The largest absolute Gasteiger partial charge is 0.354 e. The van der Waals surface area contributed by atoms with Gasteiger partial charge in [-0.15, -0.1) is 0 Å². The molecule has 0 amide bonds. The maximum atomic E-state index is 9.28. The molecule has 1 atom stereocenters. The van der Waals surface area contributed by atoms with E-state index in [0.29, 0.717) is 0 Å². The highest BCUT2D eigenvalue weighted by molar-refractivity contribution is 5.43. The Morgan fingerprint density at radius 1 is 1.24 bits per heavy atom. The quantitative estimate of drug-likeness (QED) is 0.851. The molecule has 1 aromatic heterocycles. The zero-order valence-corrected chi connectivity index (χ0v) is 12.9. The molecule has 2 heterocycles. The third-order valence-corrected chi connectivity index (χ3v) is 4.70. The van der Waals surface area contributed by atoms with Gasteiger partial charge in [0.05, 0.1) is 12.1 Å². The van der Waals surface area contributed by atoms with Gasteiger partial charge < -0.3 is 4.90 Å². The molecule has 1 aromatic rings. The summed E-state index contributed by atoms with van der Waals surface area (Å²) in [6, 6.07) is 6.97. The van der Waals surface area contributed by atoms with Crippen molar-refractivity contribution in [1.29, 1.82) is 5.26 Å². The third kappa shape index (κ3) is 3.03. The number of nitrogens with zero attached hydrogens (tertiary/aromatic N) is 4. The molecule has 1 aliphatic carbocycles. The molecule has 0 spiro atoms. The van der Waals surface area contributed by atoms with Crippen molar-refractivity contribution in [1.82, 2.24) is 9.88 Å². The highest BCUT2D eigenvalue weighted by atomic mass is 15.3. The molecule has 1 saturated heterocycles. The van der Waals surface area contributed by atoms with Crippen LogP contribution in [0.25, 0.3) is 0 Å². The monoisotopic (exact) mass is 284 g/mol. The number of nitriles is 1. The number of anilines is 1. The van der Waals surface area contributed by atoms with E-state index in [4.69, 9.17) is 4.98 Å². The molecule has 0 radical (unpaired) electrons. The number of hydrogen-bond donors (Lipinski definition) is 0. The van der Waals surface area contributed by atoms with Crippen LogP contribution in [0.4, 0.5) is 5.82 Å². The van der Waals surface area contributed by atoms with Crippen molar-refractivity contribution >= 4 is 5.82 Å². The van der Waals surface area contributed by atoms with Crippen LogP contribution < -0.4 is 4.90 Å². The molecule has 3 rings (SSSR count). The van der Waals surface area contributed by atoms with Crippen LogP contribution in [-0.2, 0) is 12.8 Å². The summed E-state index contributed by atoms with van der Waals surface area (Å²) in [5, 5.41) is 9.28. The lowest BCUT2D eigenvalue weighted by Crippen LogP contribution is -2.50. The summed E-state index contributed by atoms with van der Waals surface area (Å²) in [7, 11) is 0. The highest BCUT2D eigenvalue weighted by Gasteiger charge is 2.24. The smallest absolute Gasteiger partial charge is 0.128 e. The second-order valence-corrected chi connectivity index (χ2v) is 6.09. The van der Waals surface area contributed by atoms with Crippen LogP contribution in [0.3, 0.4) is 0 Å². The lowest BCUT2D eigenvalue weighted by Gasteiger charge is -2.37.